The normalized spacial score (nSPS) is 15.1. The van der Waals surface area contributed by atoms with E-state index >= 15 is 0 Å². The summed E-state index contributed by atoms with van der Waals surface area (Å²) in [6.07, 6.45) is 0.941. The van der Waals surface area contributed by atoms with Gasteiger partial charge >= 0.3 is 0 Å². The number of hydrogen-bond acceptors (Lipinski definition) is 3. The van der Waals surface area contributed by atoms with Gasteiger partial charge in [0.15, 0.2) is 0 Å². The van der Waals surface area contributed by atoms with E-state index in [0.29, 0.717) is 5.02 Å². The molecule has 1 aliphatic rings. The lowest BCUT2D eigenvalue weighted by Crippen LogP contribution is -2.25. The third kappa shape index (κ3) is 1.44. The first-order valence-electron chi connectivity index (χ1n) is 5.33. The minimum Gasteiger partial charge on any atom is -0.398 e. The van der Waals surface area contributed by atoms with Gasteiger partial charge in [0, 0.05) is 22.6 Å². The average Bonchev–Trinajstić information content (AvgIpc) is 2.31. The highest BCUT2D eigenvalue weighted by atomic mass is 35.5. The van der Waals surface area contributed by atoms with Gasteiger partial charge < -0.3 is 11.1 Å². The van der Waals surface area contributed by atoms with Crippen LogP contribution in [0.25, 0.3) is 10.9 Å². The van der Waals surface area contributed by atoms with Crippen LogP contribution in [0.5, 0.6) is 0 Å². The third-order valence-corrected chi connectivity index (χ3v) is 3.26. The highest BCUT2D eigenvalue weighted by molar-refractivity contribution is 6.31. The molecule has 2 heterocycles. The number of nitrogens with two attached hydrogens (primary N) is 1. The number of anilines is 1. The quantitative estimate of drug-likeness (QED) is 0.733. The van der Waals surface area contributed by atoms with Gasteiger partial charge in [0.05, 0.1) is 11.2 Å². The molecule has 0 saturated heterocycles. The van der Waals surface area contributed by atoms with Gasteiger partial charge in [0.2, 0.25) is 0 Å². The summed E-state index contributed by atoms with van der Waals surface area (Å²) in [4.78, 5) is 4.62. The predicted molar refractivity (Wildman–Crippen MR) is 66.6 cm³/mol. The largest absolute Gasteiger partial charge is 0.398 e. The number of pyridine rings is 1. The summed E-state index contributed by atoms with van der Waals surface area (Å²) in [6, 6.07) is 5.66. The molecule has 0 radical (unpaired) electrons. The van der Waals surface area contributed by atoms with Crippen LogP contribution in [-0.2, 0) is 13.0 Å². The van der Waals surface area contributed by atoms with Gasteiger partial charge in [-0.2, -0.15) is 0 Å². The summed E-state index contributed by atoms with van der Waals surface area (Å²) in [5.41, 5.74) is 10.2. The molecule has 0 unspecified atom stereocenters. The average molecular weight is 234 g/mol. The number of fused-ring (bicyclic) bond motifs is 2. The van der Waals surface area contributed by atoms with Crippen LogP contribution in [-0.4, -0.2) is 11.5 Å². The fourth-order valence-corrected chi connectivity index (χ4v) is 2.37. The molecule has 0 amide bonds. The van der Waals surface area contributed by atoms with E-state index in [2.05, 4.69) is 10.3 Å². The smallest absolute Gasteiger partial charge is 0.0727 e. The molecule has 1 aromatic heterocycles. The molecule has 0 fully saturated rings. The van der Waals surface area contributed by atoms with Crippen molar-refractivity contribution < 1.29 is 0 Å². The minimum absolute atomic E-state index is 0.704. The molecule has 16 heavy (non-hydrogen) atoms. The van der Waals surface area contributed by atoms with Crippen molar-refractivity contribution in [3.8, 4) is 0 Å². The maximum absolute atomic E-state index is 6.18. The zero-order valence-electron chi connectivity index (χ0n) is 8.76. The fraction of sp³-hybridized carbons (Fsp3) is 0.250. The van der Waals surface area contributed by atoms with Crippen molar-refractivity contribution in [3.05, 3.63) is 34.5 Å². The van der Waals surface area contributed by atoms with Gasteiger partial charge in [-0.25, -0.2) is 0 Å². The second-order valence-corrected chi connectivity index (χ2v) is 4.48. The van der Waals surface area contributed by atoms with Crippen molar-refractivity contribution in [1.29, 1.82) is 0 Å². The number of nitrogen functional groups attached to an aromatic ring is 1. The number of benzene rings is 1. The highest BCUT2D eigenvalue weighted by Gasteiger charge is 2.15. The van der Waals surface area contributed by atoms with Crippen molar-refractivity contribution >= 4 is 28.2 Å². The maximum Gasteiger partial charge on any atom is 0.0727 e. The van der Waals surface area contributed by atoms with E-state index in [-0.39, 0.29) is 0 Å². The zero-order valence-corrected chi connectivity index (χ0v) is 9.51. The van der Waals surface area contributed by atoms with Crippen LogP contribution < -0.4 is 11.1 Å². The van der Waals surface area contributed by atoms with Crippen molar-refractivity contribution in [1.82, 2.24) is 10.3 Å². The predicted octanol–water partition coefficient (Wildman–Crippen LogP) is 2.12. The molecule has 0 spiro atoms. The first-order valence-corrected chi connectivity index (χ1v) is 5.71. The topological polar surface area (TPSA) is 50.9 Å². The Morgan fingerprint density at radius 3 is 3.12 bits per heavy atom. The molecule has 0 saturated carbocycles. The Labute approximate surface area is 98.6 Å². The van der Waals surface area contributed by atoms with Gasteiger partial charge in [0.25, 0.3) is 0 Å². The van der Waals surface area contributed by atoms with Gasteiger partial charge in [-0.3, -0.25) is 4.98 Å². The van der Waals surface area contributed by atoms with Gasteiger partial charge in [0.1, 0.15) is 0 Å². The Bertz CT molecular complexity index is 566. The summed E-state index contributed by atoms with van der Waals surface area (Å²) >= 11 is 5.98. The Hall–Kier alpha value is -1.32. The van der Waals surface area contributed by atoms with Crippen LogP contribution in [0, 0.1) is 0 Å². The van der Waals surface area contributed by atoms with Crippen LogP contribution in [0.3, 0.4) is 0 Å². The lowest BCUT2D eigenvalue weighted by Gasteiger charge is -2.19. The Morgan fingerprint density at radius 2 is 2.25 bits per heavy atom. The van der Waals surface area contributed by atoms with Crippen LogP contribution in [0.4, 0.5) is 5.69 Å². The molecule has 0 atom stereocenters. The summed E-state index contributed by atoms with van der Waals surface area (Å²) in [5.74, 6) is 0. The molecule has 0 bridgehead atoms. The van der Waals surface area contributed by atoms with Crippen LogP contribution in [0.15, 0.2) is 18.2 Å². The van der Waals surface area contributed by atoms with Gasteiger partial charge in [-0.1, -0.05) is 11.6 Å². The SMILES string of the molecule is Nc1c2c(nc3ccc(Cl)cc13)CNCC2. The van der Waals surface area contributed by atoms with Crippen LogP contribution in [0.1, 0.15) is 11.3 Å². The molecule has 4 heteroatoms. The Kier molecular flexibility index (Phi) is 2.23. The van der Waals surface area contributed by atoms with Crippen molar-refractivity contribution in [3.63, 3.8) is 0 Å². The van der Waals surface area contributed by atoms with Crippen LogP contribution >= 0.6 is 11.6 Å². The Balaban J connectivity index is 2.35. The van der Waals surface area contributed by atoms with E-state index in [0.717, 1.165) is 41.8 Å². The molecule has 3 rings (SSSR count). The molecule has 82 valence electrons. The third-order valence-electron chi connectivity index (χ3n) is 3.02. The zero-order chi connectivity index (χ0) is 11.1. The molecular formula is C12H12ClN3. The number of nitrogens with zero attached hydrogens (tertiary/aromatic N) is 1. The summed E-state index contributed by atoms with van der Waals surface area (Å²) in [6.45, 7) is 1.77. The number of nitrogens with one attached hydrogen (secondary N) is 1. The van der Waals surface area contributed by atoms with Gasteiger partial charge in [-0.15, -0.1) is 0 Å². The van der Waals surface area contributed by atoms with E-state index in [1.807, 2.05) is 18.2 Å². The highest BCUT2D eigenvalue weighted by Crippen LogP contribution is 2.29. The first-order chi connectivity index (χ1) is 7.75. The number of halogens is 1. The van der Waals surface area contributed by atoms with E-state index in [9.17, 15) is 0 Å². The van der Waals surface area contributed by atoms with Gasteiger partial charge in [-0.05, 0) is 36.7 Å². The summed E-state index contributed by atoms with van der Waals surface area (Å²) < 4.78 is 0. The van der Waals surface area contributed by atoms with E-state index in [1.165, 1.54) is 5.56 Å². The maximum atomic E-state index is 6.18. The first kappa shape index (κ1) is 9.87. The minimum atomic E-state index is 0.704. The van der Waals surface area contributed by atoms with Crippen molar-refractivity contribution in [2.24, 2.45) is 0 Å². The van der Waals surface area contributed by atoms with E-state index in [4.69, 9.17) is 17.3 Å². The second-order valence-electron chi connectivity index (χ2n) is 4.04. The number of aromatic nitrogens is 1. The van der Waals surface area contributed by atoms with E-state index < -0.39 is 0 Å². The second kappa shape index (κ2) is 3.61. The molecule has 0 aliphatic carbocycles. The number of rotatable bonds is 0. The molecular weight excluding hydrogens is 222 g/mol. The van der Waals surface area contributed by atoms with Crippen LogP contribution in [0.2, 0.25) is 5.02 Å². The summed E-state index contributed by atoms with van der Waals surface area (Å²) in [7, 11) is 0. The number of hydrogen-bond donors (Lipinski definition) is 2. The lowest BCUT2D eigenvalue weighted by atomic mass is 10.0. The lowest BCUT2D eigenvalue weighted by molar-refractivity contribution is 0.631. The molecule has 3 N–H and O–H groups in total. The summed E-state index contributed by atoms with van der Waals surface area (Å²) in [5, 5.41) is 4.97. The molecule has 1 aliphatic heterocycles. The monoisotopic (exact) mass is 233 g/mol. The molecule has 3 nitrogen and oxygen atoms in total. The fourth-order valence-electron chi connectivity index (χ4n) is 2.20. The standard InChI is InChI=1S/C12H12ClN3/c13-7-1-2-10-9(5-7)12(14)8-3-4-15-6-11(8)16-10/h1-2,5,15H,3-4,6H2,(H2,14,16). The Morgan fingerprint density at radius 1 is 1.38 bits per heavy atom. The van der Waals surface area contributed by atoms with Crippen molar-refractivity contribution in [2.45, 2.75) is 13.0 Å². The molecule has 1 aromatic carbocycles. The van der Waals surface area contributed by atoms with E-state index in [1.54, 1.807) is 0 Å². The molecule has 2 aromatic rings. The van der Waals surface area contributed by atoms with Crippen molar-refractivity contribution in [2.75, 3.05) is 12.3 Å².